The number of hydrogen-bond donors (Lipinski definition) is 1. The Labute approximate surface area is 214 Å². The van der Waals surface area contributed by atoms with E-state index in [1.807, 2.05) is 51.1 Å². The molecule has 2 aromatic rings. The molecule has 0 fully saturated rings. The molecule has 2 rings (SSSR count). The third kappa shape index (κ3) is 9.53. The minimum Gasteiger partial charge on any atom is -0.350 e. The molecule has 0 unspecified atom stereocenters. The van der Waals surface area contributed by atoms with E-state index in [1.54, 1.807) is 36.1 Å². The van der Waals surface area contributed by atoms with Crippen LogP contribution < -0.4 is 9.62 Å². The highest BCUT2D eigenvalue weighted by molar-refractivity contribution is 7.92. The maximum absolute atomic E-state index is 13.3. The van der Waals surface area contributed by atoms with Crippen LogP contribution in [-0.2, 0) is 26.0 Å². The summed E-state index contributed by atoms with van der Waals surface area (Å²) in [5, 5.41) is 3.37. The van der Waals surface area contributed by atoms with Gasteiger partial charge in [-0.15, -0.1) is 0 Å². The molecule has 1 N–H and O–H groups in total. The highest BCUT2D eigenvalue weighted by atomic mass is 35.5. The average Bonchev–Trinajstić information content (AvgIpc) is 2.75. The second kappa shape index (κ2) is 12.4. The van der Waals surface area contributed by atoms with Gasteiger partial charge in [0.2, 0.25) is 21.8 Å². The van der Waals surface area contributed by atoms with Crippen LogP contribution in [0, 0.1) is 0 Å². The molecule has 0 spiro atoms. The highest BCUT2D eigenvalue weighted by Crippen LogP contribution is 2.22. The molecule has 9 heteroatoms. The van der Waals surface area contributed by atoms with Crippen molar-refractivity contribution in [3.63, 3.8) is 0 Å². The lowest BCUT2D eigenvalue weighted by Gasteiger charge is -2.32. The zero-order valence-corrected chi connectivity index (χ0v) is 22.7. The topological polar surface area (TPSA) is 86.8 Å². The summed E-state index contributed by atoms with van der Waals surface area (Å²) in [5.74, 6) is -0.423. The molecule has 0 aliphatic rings. The summed E-state index contributed by atoms with van der Waals surface area (Å²) in [7, 11) is -3.56. The van der Waals surface area contributed by atoms with Gasteiger partial charge >= 0.3 is 0 Å². The van der Waals surface area contributed by atoms with Crippen molar-refractivity contribution in [2.75, 3.05) is 23.7 Å². The monoisotopic (exact) mass is 521 g/mol. The molecule has 0 aliphatic heterocycles. The molecule has 0 bridgehead atoms. The van der Waals surface area contributed by atoms with Crippen LogP contribution in [0.25, 0.3) is 0 Å². The van der Waals surface area contributed by atoms with Crippen LogP contribution in [0.1, 0.15) is 46.1 Å². The first-order chi connectivity index (χ1) is 16.3. The molecule has 0 saturated carbocycles. The van der Waals surface area contributed by atoms with Gasteiger partial charge in [-0.1, -0.05) is 48.0 Å². The summed E-state index contributed by atoms with van der Waals surface area (Å²) in [6, 6.07) is 15.7. The van der Waals surface area contributed by atoms with Crippen molar-refractivity contribution in [2.45, 2.75) is 58.5 Å². The summed E-state index contributed by atoms with van der Waals surface area (Å²) < 4.78 is 26.0. The van der Waals surface area contributed by atoms with E-state index in [0.29, 0.717) is 30.1 Å². The van der Waals surface area contributed by atoms with Crippen molar-refractivity contribution in [1.82, 2.24) is 10.2 Å². The Kier molecular flexibility index (Phi) is 10.2. The predicted octanol–water partition coefficient (Wildman–Crippen LogP) is 4.26. The van der Waals surface area contributed by atoms with Crippen LogP contribution in [0.5, 0.6) is 0 Å². The lowest BCUT2D eigenvalue weighted by molar-refractivity contribution is -0.140. The van der Waals surface area contributed by atoms with E-state index in [2.05, 4.69) is 5.32 Å². The van der Waals surface area contributed by atoms with Crippen molar-refractivity contribution in [3.05, 3.63) is 65.2 Å². The van der Waals surface area contributed by atoms with Crippen LogP contribution in [-0.4, -0.2) is 56.1 Å². The summed E-state index contributed by atoms with van der Waals surface area (Å²) >= 11 is 6.04. The third-order valence-corrected chi connectivity index (χ3v) is 6.83. The van der Waals surface area contributed by atoms with Gasteiger partial charge in [0.05, 0.1) is 11.9 Å². The maximum atomic E-state index is 13.3. The number of carbonyl (C=O) groups excluding carboxylic acids is 2. The molecule has 192 valence electrons. The molecule has 2 amide bonds. The fourth-order valence-corrected chi connectivity index (χ4v) is 4.82. The number of benzene rings is 2. The van der Waals surface area contributed by atoms with E-state index in [0.717, 1.165) is 11.8 Å². The third-order valence-electron chi connectivity index (χ3n) is 5.40. The van der Waals surface area contributed by atoms with Gasteiger partial charge in [0, 0.05) is 30.1 Å². The first kappa shape index (κ1) is 28.7. The number of carbonyl (C=O) groups is 2. The molecule has 0 saturated heterocycles. The minimum absolute atomic E-state index is 0.106. The zero-order chi connectivity index (χ0) is 26.2. The average molecular weight is 522 g/mol. The highest BCUT2D eigenvalue weighted by Gasteiger charge is 2.28. The van der Waals surface area contributed by atoms with Crippen LogP contribution in [0.2, 0.25) is 5.02 Å². The van der Waals surface area contributed by atoms with Gasteiger partial charge in [0.15, 0.2) is 0 Å². The lowest BCUT2D eigenvalue weighted by Crippen LogP contribution is -2.53. The number of halogens is 1. The first-order valence-electron chi connectivity index (χ1n) is 11.7. The fraction of sp³-hybridized carbons (Fsp3) is 0.462. The van der Waals surface area contributed by atoms with E-state index >= 15 is 0 Å². The van der Waals surface area contributed by atoms with E-state index in [4.69, 9.17) is 11.6 Å². The summed E-state index contributed by atoms with van der Waals surface area (Å²) in [6.45, 7) is 7.90. The Hall–Kier alpha value is -2.58. The molecule has 0 heterocycles. The van der Waals surface area contributed by atoms with Gasteiger partial charge in [-0.25, -0.2) is 8.42 Å². The van der Waals surface area contributed by atoms with Crippen LogP contribution >= 0.6 is 11.6 Å². The van der Waals surface area contributed by atoms with Crippen molar-refractivity contribution in [1.29, 1.82) is 0 Å². The lowest BCUT2D eigenvalue weighted by atomic mass is 10.1. The molecule has 0 aromatic heterocycles. The standard InChI is InChI=1S/C26H36ClN3O4S/c1-20(25(32)28-26(2,3)4)29(18-16-21-11-7-6-8-12-21)24(31)15-10-17-30(35(5,33)34)23-14-9-13-22(27)19-23/h6-9,11-14,19-20H,10,15-18H2,1-5H3,(H,28,32)/t20-/m1/s1. The summed E-state index contributed by atoms with van der Waals surface area (Å²) in [4.78, 5) is 27.7. The number of amides is 2. The Balaban J connectivity index is 2.13. The van der Waals surface area contributed by atoms with Gasteiger partial charge in [0.1, 0.15) is 6.04 Å². The van der Waals surface area contributed by atoms with Gasteiger partial charge in [-0.2, -0.15) is 0 Å². The van der Waals surface area contributed by atoms with Crippen LogP contribution in [0.3, 0.4) is 0 Å². The van der Waals surface area contributed by atoms with Crippen LogP contribution in [0.15, 0.2) is 54.6 Å². The van der Waals surface area contributed by atoms with Gasteiger partial charge in [0.25, 0.3) is 0 Å². The SMILES string of the molecule is C[C@H](C(=O)NC(C)(C)C)N(CCc1ccccc1)C(=O)CCCN(c1cccc(Cl)c1)S(C)(=O)=O. The second-order valence-electron chi connectivity index (χ2n) is 9.66. The molecular formula is C26H36ClN3O4S. The molecule has 1 atom stereocenters. The quantitative estimate of drug-likeness (QED) is 0.478. The second-order valence-corrected chi connectivity index (χ2v) is 12.0. The first-order valence-corrected chi connectivity index (χ1v) is 13.9. The Morgan fingerprint density at radius 3 is 2.26 bits per heavy atom. The summed E-state index contributed by atoms with van der Waals surface area (Å²) in [5.41, 5.74) is 1.09. The van der Waals surface area contributed by atoms with Crippen LogP contribution in [0.4, 0.5) is 5.69 Å². The van der Waals surface area contributed by atoms with E-state index in [1.165, 1.54) is 4.31 Å². The number of rotatable bonds is 11. The van der Waals surface area contributed by atoms with E-state index in [-0.39, 0.29) is 24.8 Å². The Morgan fingerprint density at radius 1 is 1.03 bits per heavy atom. The van der Waals surface area contributed by atoms with E-state index in [9.17, 15) is 18.0 Å². The van der Waals surface area contributed by atoms with Gasteiger partial charge < -0.3 is 10.2 Å². The van der Waals surface area contributed by atoms with Crippen molar-refractivity contribution < 1.29 is 18.0 Å². The smallest absolute Gasteiger partial charge is 0.242 e. The van der Waals surface area contributed by atoms with Crippen molar-refractivity contribution >= 4 is 39.1 Å². The normalized spacial score (nSPS) is 12.6. The van der Waals surface area contributed by atoms with Gasteiger partial charge in [-0.05, 0) is 64.3 Å². The fourth-order valence-electron chi connectivity index (χ4n) is 3.68. The molecule has 0 radical (unpaired) electrons. The van der Waals surface area contributed by atoms with E-state index < -0.39 is 21.6 Å². The van der Waals surface area contributed by atoms with Gasteiger partial charge in [-0.3, -0.25) is 13.9 Å². The molecule has 2 aromatic carbocycles. The van der Waals surface area contributed by atoms with Crippen molar-refractivity contribution in [3.8, 4) is 0 Å². The molecule has 0 aliphatic carbocycles. The number of sulfonamides is 1. The summed E-state index contributed by atoms with van der Waals surface area (Å²) in [6.07, 6.45) is 2.14. The number of hydrogen-bond acceptors (Lipinski definition) is 4. The van der Waals surface area contributed by atoms with Crippen molar-refractivity contribution in [2.24, 2.45) is 0 Å². The molecule has 35 heavy (non-hydrogen) atoms. The Bertz CT molecular complexity index is 1100. The predicted molar refractivity (Wildman–Crippen MR) is 142 cm³/mol. The zero-order valence-electron chi connectivity index (χ0n) is 21.1. The molecule has 7 nitrogen and oxygen atoms in total. The minimum atomic E-state index is -3.56. The maximum Gasteiger partial charge on any atom is 0.242 e. The molecular weight excluding hydrogens is 486 g/mol. The number of anilines is 1. The largest absolute Gasteiger partial charge is 0.350 e. The number of nitrogens with one attached hydrogen (secondary N) is 1. The Morgan fingerprint density at radius 2 is 1.69 bits per heavy atom. The number of nitrogens with zero attached hydrogens (tertiary/aromatic N) is 2.